The summed E-state index contributed by atoms with van der Waals surface area (Å²) in [5, 5.41) is 11.8. The van der Waals surface area contributed by atoms with E-state index < -0.39 is 17.8 Å². The van der Waals surface area contributed by atoms with E-state index in [0.717, 1.165) is 6.07 Å². The number of para-hydroxylation sites is 1. The normalized spacial score (nSPS) is 13.8. The van der Waals surface area contributed by atoms with Crippen molar-refractivity contribution in [2.24, 2.45) is 5.92 Å². The first kappa shape index (κ1) is 13.8. The smallest absolute Gasteiger partial charge is 0.394 e. The van der Waals surface area contributed by atoms with E-state index in [1.165, 1.54) is 18.2 Å². The highest BCUT2D eigenvalue weighted by Crippen LogP contribution is 2.35. The molecular weight excluding hydrogens is 231 g/mol. The highest BCUT2D eigenvalue weighted by molar-refractivity contribution is 5.53. The van der Waals surface area contributed by atoms with Gasteiger partial charge >= 0.3 is 6.18 Å². The molecule has 1 atom stereocenters. The number of anilines is 1. The van der Waals surface area contributed by atoms with Gasteiger partial charge in [-0.3, -0.25) is 0 Å². The fourth-order valence-electron chi connectivity index (χ4n) is 1.48. The highest BCUT2D eigenvalue weighted by atomic mass is 19.4. The fraction of sp³-hybridized carbons (Fsp3) is 0.500. The Morgan fingerprint density at radius 1 is 1.24 bits per heavy atom. The van der Waals surface area contributed by atoms with Crippen LogP contribution in [-0.4, -0.2) is 17.8 Å². The molecule has 0 saturated carbocycles. The molecular formula is C12H16F3NO. The predicted molar refractivity (Wildman–Crippen MR) is 60.8 cm³/mol. The second-order valence-corrected chi connectivity index (χ2v) is 4.22. The van der Waals surface area contributed by atoms with E-state index in [2.05, 4.69) is 5.32 Å². The summed E-state index contributed by atoms with van der Waals surface area (Å²) in [6, 6.07) is 4.88. The van der Waals surface area contributed by atoms with Gasteiger partial charge in [0.05, 0.1) is 18.2 Å². The maximum atomic E-state index is 12.7. The Bertz CT molecular complexity index is 363. The van der Waals surface area contributed by atoms with Gasteiger partial charge in [0.15, 0.2) is 0 Å². The Kier molecular flexibility index (Phi) is 4.40. The highest BCUT2D eigenvalue weighted by Gasteiger charge is 2.33. The van der Waals surface area contributed by atoms with Gasteiger partial charge in [0, 0.05) is 5.69 Å². The zero-order valence-corrected chi connectivity index (χ0v) is 9.75. The average Bonchev–Trinajstić information content (AvgIpc) is 2.24. The van der Waals surface area contributed by atoms with E-state index in [1.54, 1.807) is 0 Å². The quantitative estimate of drug-likeness (QED) is 0.856. The van der Waals surface area contributed by atoms with E-state index in [-0.39, 0.29) is 18.2 Å². The minimum absolute atomic E-state index is 0.00718. The third-order valence-corrected chi connectivity index (χ3v) is 2.57. The van der Waals surface area contributed by atoms with Gasteiger partial charge < -0.3 is 10.4 Å². The van der Waals surface area contributed by atoms with Crippen LogP contribution in [0.2, 0.25) is 0 Å². The Balaban J connectivity index is 2.98. The maximum absolute atomic E-state index is 12.7. The van der Waals surface area contributed by atoms with Crippen molar-refractivity contribution in [2.45, 2.75) is 26.1 Å². The van der Waals surface area contributed by atoms with Gasteiger partial charge in [-0.25, -0.2) is 0 Å². The number of hydrogen-bond donors (Lipinski definition) is 2. The van der Waals surface area contributed by atoms with Gasteiger partial charge in [0.25, 0.3) is 0 Å². The fourth-order valence-corrected chi connectivity index (χ4v) is 1.48. The summed E-state index contributed by atoms with van der Waals surface area (Å²) in [6.45, 7) is 3.47. The summed E-state index contributed by atoms with van der Waals surface area (Å²) in [5.74, 6) is 0.0429. The van der Waals surface area contributed by atoms with Crippen LogP contribution in [0.5, 0.6) is 0 Å². The molecule has 1 unspecified atom stereocenters. The summed E-state index contributed by atoms with van der Waals surface area (Å²) in [7, 11) is 0. The summed E-state index contributed by atoms with van der Waals surface area (Å²) in [5.41, 5.74) is -0.702. The number of hydrogen-bond acceptors (Lipinski definition) is 2. The summed E-state index contributed by atoms with van der Waals surface area (Å²) >= 11 is 0. The van der Waals surface area contributed by atoms with Crippen LogP contribution in [0.3, 0.4) is 0 Å². The van der Waals surface area contributed by atoms with Crippen molar-refractivity contribution in [3.63, 3.8) is 0 Å². The molecule has 0 spiro atoms. The molecule has 5 heteroatoms. The van der Waals surface area contributed by atoms with Gasteiger partial charge in [-0.15, -0.1) is 0 Å². The van der Waals surface area contributed by atoms with Gasteiger partial charge in [-0.2, -0.15) is 13.2 Å². The molecule has 0 aromatic heterocycles. The summed E-state index contributed by atoms with van der Waals surface area (Å²) in [4.78, 5) is 0. The second-order valence-electron chi connectivity index (χ2n) is 4.22. The molecule has 0 radical (unpaired) electrons. The first-order chi connectivity index (χ1) is 7.86. The minimum Gasteiger partial charge on any atom is -0.394 e. The Hall–Kier alpha value is -1.23. The third kappa shape index (κ3) is 3.63. The van der Waals surface area contributed by atoms with Crippen molar-refractivity contribution >= 4 is 5.69 Å². The largest absolute Gasteiger partial charge is 0.418 e. The van der Waals surface area contributed by atoms with Crippen molar-refractivity contribution in [1.82, 2.24) is 0 Å². The lowest BCUT2D eigenvalue weighted by Crippen LogP contribution is -2.30. The molecule has 0 heterocycles. The first-order valence-corrected chi connectivity index (χ1v) is 5.40. The lowest BCUT2D eigenvalue weighted by Gasteiger charge is -2.23. The van der Waals surface area contributed by atoms with Crippen molar-refractivity contribution in [2.75, 3.05) is 11.9 Å². The Labute approximate surface area is 98.5 Å². The number of benzene rings is 1. The Morgan fingerprint density at radius 3 is 2.29 bits per heavy atom. The summed E-state index contributed by atoms with van der Waals surface area (Å²) in [6.07, 6.45) is -4.39. The molecule has 2 N–H and O–H groups in total. The number of nitrogens with one attached hydrogen (secondary N) is 1. The number of alkyl halides is 3. The van der Waals surface area contributed by atoms with E-state index >= 15 is 0 Å². The van der Waals surface area contributed by atoms with Crippen molar-refractivity contribution in [3.05, 3.63) is 29.8 Å². The molecule has 0 bridgehead atoms. The molecule has 17 heavy (non-hydrogen) atoms. The molecule has 1 rings (SSSR count). The third-order valence-electron chi connectivity index (χ3n) is 2.57. The second kappa shape index (κ2) is 5.40. The lowest BCUT2D eigenvalue weighted by molar-refractivity contribution is -0.137. The van der Waals surface area contributed by atoms with Crippen LogP contribution in [0, 0.1) is 5.92 Å². The number of rotatable bonds is 4. The molecule has 96 valence electrons. The SMILES string of the molecule is CC(C)C(CO)Nc1ccccc1C(F)(F)F. The number of aliphatic hydroxyl groups is 1. The molecule has 0 aliphatic rings. The van der Waals surface area contributed by atoms with Crippen LogP contribution in [0.15, 0.2) is 24.3 Å². The molecule has 0 fully saturated rings. The van der Waals surface area contributed by atoms with Crippen LogP contribution in [-0.2, 0) is 6.18 Å². The van der Waals surface area contributed by atoms with Gasteiger partial charge in [0.2, 0.25) is 0 Å². The minimum atomic E-state index is -4.39. The van der Waals surface area contributed by atoms with Crippen molar-refractivity contribution in [1.29, 1.82) is 0 Å². The Morgan fingerprint density at radius 2 is 1.82 bits per heavy atom. The zero-order chi connectivity index (χ0) is 13.1. The summed E-state index contributed by atoms with van der Waals surface area (Å²) < 4.78 is 38.1. The number of aliphatic hydroxyl groups excluding tert-OH is 1. The van der Waals surface area contributed by atoms with Gasteiger partial charge in [-0.1, -0.05) is 26.0 Å². The van der Waals surface area contributed by atoms with Crippen LogP contribution in [0.4, 0.5) is 18.9 Å². The van der Waals surface area contributed by atoms with Gasteiger partial charge in [0.1, 0.15) is 0 Å². The first-order valence-electron chi connectivity index (χ1n) is 5.40. The predicted octanol–water partition coefficient (Wildman–Crippen LogP) is 3.13. The van der Waals surface area contributed by atoms with E-state index in [9.17, 15) is 13.2 Å². The standard InChI is InChI=1S/C12H16F3NO/c1-8(2)11(7-17)16-10-6-4-3-5-9(10)12(13,14)15/h3-6,8,11,16-17H,7H2,1-2H3. The van der Waals surface area contributed by atoms with Gasteiger partial charge in [-0.05, 0) is 18.1 Å². The van der Waals surface area contributed by atoms with Crippen molar-refractivity contribution < 1.29 is 18.3 Å². The van der Waals surface area contributed by atoms with Crippen molar-refractivity contribution in [3.8, 4) is 0 Å². The maximum Gasteiger partial charge on any atom is 0.418 e. The zero-order valence-electron chi connectivity index (χ0n) is 9.75. The molecule has 1 aromatic carbocycles. The van der Waals surface area contributed by atoms with Crippen LogP contribution in [0.1, 0.15) is 19.4 Å². The molecule has 0 amide bonds. The van der Waals surface area contributed by atoms with Crippen LogP contribution in [0.25, 0.3) is 0 Å². The average molecular weight is 247 g/mol. The van der Waals surface area contributed by atoms with Crippen LogP contribution < -0.4 is 5.32 Å². The topological polar surface area (TPSA) is 32.3 Å². The van der Waals surface area contributed by atoms with E-state index in [0.29, 0.717) is 0 Å². The lowest BCUT2D eigenvalue weighted by atomic mass is 10.0. The van der Waals surface area contributed by atoms with E-state index in [1.807, 2.05) is 13.8 Å². The molecule has 0 aliphatic carbocycles. The number of halogens is 3. The molecule has 1 aromatic rings. The molecule has 0 aliphatic heterocycles. The van der Waals surface area contributed by atoms with Crippen LogP contribution >= 0.6 is 0 Å². The molecule has 0 saturated heterocycles. The molecule has 2 nitrogen and oxygen atoms in total. The van der Waals surface area contributed by atoms with E-state index in [4.69, 9.17) is 5.11 Å². The monoisotopic (exact) mass is 247 g/mol.